The molecule has 3 rings (SSSR count). The third-order valence-electron chi connectivity index (χ3n) is 5.29. The van der Waals surface area contributed by atoms with Crippen LogP contribution in [0.2, 0.25) is 0 Å². The normalized spacial score (nSPS) is 29.4. The maximum Gasteiger partial charge on any atom is 0.00683 e. The summed E-state index contributed by atoms with van der Waals surface area (Å²) in [4.78, 5) is 0. The van der Waals surface area contributed by atoms with E-state index in [-0.39, 0.29) is 0 Å². The second-order valence-electron chi connectivity index (χ2n) is 7.87. The van der Waals surface area contributed by atoms with Gasteiger partial charge in [-0.3, -0.25) is 0 Å². The molecule has 2 atom stereocenters. The van der Waals surface area contributed by atoms with Crippen LogP contribution in [0.25, 0.3) is 0 Å². The Bertz CT molecular complexity index is 439. The van der Waals surface area contributed by atoms with Crippen LogP contribution in [-0.2, 0) is 0 Å². The van der Waals surface area contributed by atoms with Gasteiger partial charge in [-0.1, -0.05) is 43.7 Å². The van der Waals surface area contributed by atoms with Crippen LogP contribution in [0.4, 0.5) is 0 Å². The summed E-state index contributed by atoms with van der Waals surface area (Å²) in [6, 6.07) is 10.1. The van der Waals surface area contributed by atoms with E-state index in [0.717, 1.165) is 17.9 Å². The van der Waals surface area contributed by atoms with Crippen molar-refractivity contribution in [2.24, 2.45) is 11.3 Å². The van der Waals surface area contributed by atoms with Gasteiger partial charge in [0, 0.05) is 6.04 Å². The van der Waals surface area contributed by atoms with Crippen molar-refractivity contribution in [2.75, 3.05) is 6.54 Å². The average Bonchev–Trinajstić information content (AvgIpc) is 3.22. The van der Waals surface area contributed by atoms with Gasteiger partial charge in [-0.25, -0.2) is 0 Å². The molecule has 2 saturated carbocycles. The lowest BCUT2D eigenvalue weighted by Gasteiger charge is -2.41. The molecule has 0 aliphatic heterocycles. The van der Waals surface area contributed by atoms with Crippen molar-refractivity contribution in [1.82, 2.24) is 5.32 Å². The Morgan fingerprint density at radius 2 is 1.80 bits per heavy atom. The van der Waals surface area contributed by atoms with Gasteiger partial charge in [-0.15, -0.1) is 0 Å². The van der Waals surface area contributed by atoms with Crippen LogP contribution in [-0.4, -0.2) is 12.6 Å². The first-order valence-corrected chi connectivity index (χ1v) is 8.33. The molecule has 0 amide bonds. The maximum atomic E-state index is 3.76. The Morgan fingerprint density at radius 3 is 2.45 bits per heavy atom. The summed E-state index contributed by atoms with van der Waals surface area (Å²) in [6.07, 6.45) is 6.89. The Balaban J connectivity index is 1.74. The number of hydrogen-bond donors (Lipinski definition) is 1. The van der Waals surface area contributed by atoms with Crippen molar-refractivity contribution in [3.8, 4) is 0 Å². The number of aryl methyl sites for hydroxylation is 1. The second-order valence-corrected chi connectivity index (χ2v) is 7.87. The predicted octanol–water partition coefficient (Wildman–Crippen LogP) is 4.66. The fourth-order valence-corrected chi connectivity index (χ4v) is 3.69. The molecule has 0 radical (unpaired) electrons. The van der Waals surface area contributed by atoms with Gasteiger partial charge in [0.1, 0.15) is 0 Å². The molecule has 1 aromatic rings. The van der Waals surface area contributed by atoms with Gasteiger partial charge in [-0.05, 0) is 68.4 Å². The molecular weight excluding hydrogens is 242 g/mol. The van der Waals surface area contributed by atoms with E-state index < -0.39 is 0 Å². The van der Waals surface area contributed by atoms with Crippen LogP contribution >= 0.6 is 0 Å². The highest BCUT2D eigenvalue weighted by atomic mass is 14.9. The van der Waals surface area contributed by atoms with E-state index in [1.807, 2.05) is 0 Å². The molecule has 1 nitrogen and oxygen atoms in total. The maximum absolute atomic E-state index is 3.76. The summed E-state index contributed by atoms with van der Waals surface area (Å²) in [7, 11) is 0. The minimum absolute atomic E-state index is 0.506. The molecule has 2 aliphatic rings. The van der Waals surface area contributed by atoms with E-state index in [2.05, 4.69) is 50.4 Å². The van der Waals surface area contributed by atoms with Gasteiger partial charge < -0.3 is 5.32 Å². The number of rotatable bonds is 4. The first-order chi connectivity index (χ1) is 9.53. The van der Waals surface area contributed by atoms with Gasteiger partial charge in [-0.2, -0.15) is 0 Å². The highest BCUT2D eigenvalue weighted by molar-refractivity contribution is 5.26. The quantitative estimate of drug-likeness (QED) is 0.840. The first-order valence-electron chi connectivity index (χ1n) is 8.33. The molecule has 1 heteroatoms. The topological polar surface area (TPSA) is 12.0 Å². The van der Waals surface area contributed by atoms with Crippen LogP contribution < -0.4 is 5.32 Å². The summed E-state index contributed by atoms with van der Waals surface area (Å²) in [5.74, 6) is 1.57. The Hall–Kier alpha value is -0.820. The molecule has 0 bridgehead atoms. The number of hydrogen-bond acceptors (Lipinski definition) is 1. The van der Waals surface area contributed by atoms with E-state index >= 15 is 0 Å². The van der Waals surface area contributed by atoms with Crippen molar-refractivity contribution in [2.45, 2.75) is 64.8 Å². The SMILES string of the molecule is Cc1ccc(C2CC(C)(C)CCC2CNC2CC2)cc1. The summed E-state index contributed by atoms with van der Waals surface area (Å²) in [5.41, 5.74) is 3.44. The third-order valence-corrected chi connectivity index (χ3v) is 5.29. The minimum Gasteiger partial charge on any atom is -0.314 e. The van der Waals surface area contributed by atoms with E-state index in [1.165, 1.54) is 44.2 Å². The zero-order valence-electron chi connectivity index (χ0n) is 13.3. The molecule has 0 spiro atoms. The summed E-state index contributed by atoms with van der Waals surface area (Å²) < 4.78 is 0. The smallest absolute Gasteiger partial charge is 0.00683 e. The predicted molar refractivity (Wildman–Crippen MR) is 86.1 cm³/mol. The number of nitrogens with one attached hydrogen (secondary N) is 1. The van der Waals surface area contributed by atoms with Crippen LogP contribution in [0.15, 0.2) is 24.3 Å². The van der Waals surface area contributed by atoms with Crippen molar-refractivity contribution in [1.29, 1.82) is 0 Å². The van der Waals surface area contributed by atoms with Gasteiger partial charge in [0.2, 0.25) is 0 Å². The molecule has 0 heterocycles. The van der Waals surface area contributed by atoms with Crippen molar-refractivity contribution in [3.05, 3.63) is 35.4 Å². The van der Waals surface area contributed by atoms with Crippen molar-refractivity contribution < 1.29 is 0 Å². The zero-order chi connectivity index (χ0) is 14.2. The van der Waals surface area contributed by atoms with E-state index in [0.29, 0.717) is 5.41 Å². The zero-order valence-corrected chi connectivity index (χ0v) is 13.3. The molecule has 2 aliphatic carbocycles. The van der Waals surface area contributed by atoms with Crippen LogP contribution in [0.5, 0.6) is 0 Å². The average molecular weight is 271 g/mol. The lowest BCUT2D eigenvalue weighted by atomic mass is 9.65. The third kappa shape index (κ3) is 3.44. The summed E-state index contributed by atoms with van der Waals surface area (Å²) in [5, 5.41) is 3.76. The molecule has 2 fully saturated rings. The summed E-state index contributed by atoms with van der Waals surface area (Å²) in [6.45, 7) is 8.29. The van der Waals surface area contributed by atoms with Crippen LogP contribution in [0.1, 0.15) is 63.0 Å². The van der Waals surface area contributed by atoms with Crippen LogP contribution in [0.3, 0.4) is 0 Å². The number of benzene rings is 1. The van der Waals surface area contributed by atoms with Gasteiger partial charge in [0.05, 0.1) is 0 Å². The highest BCUT2D eigenvalue weighted by Crippen LogP contribution is 2.46. The molecule has 20 heavy (non-hydrogen) atoms. The second kappa shape index (κ2) is 5.52. The molecule has 110 valence electrons. The molecule has 0 aromatic heterocycles. The summed E-state index contributed by atoms with van der Waals surface area (Å²) >= 11 is 0. The fraction of sp³-hybridized carbons (Fsp3) is 0.684. The van der Waals surface area contributed by atoms with E-state index in [4.69, 9.17) is 0 Å². The largest absolute Gasteiger partial charge is 0.314 e. The van der Waals surface area contributed by atoms with Crippen LogP contribution in [0, 0.1) is 18.3 Å². The Labute approximate surface area is 124 Å². The minimum atomic E-state index is 0.506. The Kier molecular flexibility index (Phi) is 3.90. The van der Waals surface area contributed by atoms with Gasteiger partial charge >= 0.3 is 0 Å². The molecular formula is C19H29N. The van der Waals surface area contributed by atoms with Gasteiger partial charge in [0.15, 0.2) is 0 Å². The van der Waals surface area contributed by atoms with Crippen molar-refractivity contribution >= 4 is 0 Å². The standard InChI is InChI=1S/C19H29N/c1-14-4-6-15(7-5-14)18-12-19(2,3)11-10-16(18)13-20-17-8-9-17/h4-7,16-18,20H,8-13H2,1-3H3. The van der Waals surface area contributed by atoms with E-state index in [9.17, 15) is 0 Å². The molecule has 2 unspecified atom stereocenters. The molecule has 1 aromatic carbocycles. The monoisotopic (exact) mass is 271 g/mol. The first kappa shape index (κ1) is 14.1. The Morgan fingerprint density at radius 1 is 1.10 bits per heavy atom. The van der Waals surface area contributed by atoms with E-state index in [1.54, 1.807) is 5.56 Å². The lowest BCUT2D eigenvalue weighted by molar-refractivity contribution is 0.159. The molecule has 0 saturated heterocycles. The highest BCUT2D eigenvalue weighted by Gasteiger charge is 2.36. The fourth-order valence-electron chi connectivity index (χ4n) is 3.69. The van der Waals surface area contributed by atoms with Gasteiger partial charge in [0.25, 0.3) is 0 Å². The van der Waals surface area contributed by atoms with Crippen molar-refractivity contribution in [3.63, 3.8) is 0 Å². The lowest BCUT2D eigenvalue weighted by Crippen LogP contribution is -2.35. The molecule has 1 N–H and O–H groups in total.